The first-order chi connectivity index (χ1) is 15.7. The number of fused-ring (bicyclic) bond motifs is 1. The summed E-state index contributed by atoms with van der Waals surface area (Å²) >= 11 is 0. The van der Waals surface area contributed by atoms with Gasteiger partial charge in [0.05, 0.1) is 19.3 Å². The second-order valence-corrected chi connectivity index (χ2v) is 8.04. The van der Waals surface area contributed by atoms with E-state index in [-0.39, 0.29) is 30.0 Å². The SMILES string of the molecule is CCOc1ccc(C(C)NC(=NC)NCCCc2nnc3n2CCCCC3)cc1OCC.I. The lowest BCUT2D eigenvalue weighted by atomic mass is 10.1. The Morgan fingerprint density at radius 1 is 1.12 bits per heavy atom. The fourth-order valence-electron chi connectivity index (χ4n) is 4.00. The van der Waals surface area contributed by atoms with Gasteiger partial charge in [0.25, 0.3) is 0 Å². The summed E-state index contributed by atoms with van der Waals surface area (Å²) in [7, 11) is 1.80. The summed E-state index contributed by atoms with van der Waals surface area (Å²) in [5.74, 6) is 4.59. The van der Waals surface area contributed by atoms with Gasteiger partial charge in [-0.25, -0.2) is 0 Å². The van der Waals surface area contributed by atoms with E-state index in [0.29, 0.717) is 13.2 Å². The third-order valence-corrected chi connectivity index (χ3v) is 5.70. The van der Waals surface area contributed by atoms with E-state index in [1.807, 2.05) is 26.0 Å². The second kappa shape index (κ2) is 14.3. The topological polar surface area (TPSA) is 85.6 Å². The number of rotatable bonds is 10. The highest BCUT2D eigenvalue weighted by atomic mass is 127. The third-order valence-electron chi connectivity index (χ3n) is 5.70. The molecule has 1 aromatic carbocycles. The van der Waals surface area contributed by atoms with Crippen LogP contribution < -0.4 is 20.1 Å². The molecule has 2 heterocycles. The van der Waals surface area contributed by atoms with Crippen molar-refractivity contribution in [1.82, 2.24) is 25.4 Å². The molecular weight excluding hydrogens is 531 g/mol. The molecule has 184 valence electrons. The number of halogens is 1. The summed E-state index contributed by atoms with van der Waals surface area (Å²) in [6.45, 7) is 9.16. The van der Waals surface area contributed by atoms with Crippen LogP contribution in [0.4, 0.5) is 0 Å². The number of guanidine groups is 1. The molecule has 2 aromatic rings. The molecule has 8 nitrogen and oxygen atoms in total. The summed E-state index contributed by atoms with van der Waals surface area (Å²) < 4.78 is 13.8. The van der Waals surface area contributed by atoms with Crippen LogP contribution in [-0.2, 0) is 19.4 Å². The van der Waals surface area contributed by atoms with Crippen molar-refractivity contribution in [3.63, 3.8) is 0 Å². The van der Waals surface area contributed by atoms with Crippen molar-refractivity contribution in [2.24, 2.45) is 4.99 Å². The van der Waals surface area contributed by atoms with Crippen LogP contribution in [0.2, 0.25) is 0 Å². The van der Waals surface area contributed by atoms with Crippen molar-refractivity contribution in [1.29, 1.82) is 0 Å². The lowest BCUT2D eigenvalue weighted by Gasteiger charge is -2.20. The largest absolute Gasteiger partial charge is 0.490 e. The molecule has 0 aliphatic carbocycles. The predicted molar refractivity (Wildman–Crippen MR) is 143 cm³/mol. The van der Waals surface area contributed by atoms with E-state index in [9.17, 15) is 0 Å². The summed E-state index contributed by atoms with van der Waals surface area (Å²) in [5.41, 5.74) is 1.12. The normalized spacial score (nSPS) is 14.5. The smallest absolute Gasteiger partial charge is 0.191 e. The van der Waals surface area contributed by atoms with Crippen molar-refractivity contribution in [2.75, 3.05) is 26.8 Å². The maximum atomic E-state index is 5.76. The number of aliphatic imine (C=N–C) groups is 1. The van der Waals surface area contributed by atoms with E-state index in [4.69, 9.17) is 9.47 Å². The van der Waals surface area contributed by atoms with Crippen LogP contribution in [0.25, 0.3) is 0 Å². The molecule has 1 aromatic heterocycles. The van der Waals surface area contributed by atoms with Crippen LogP contribution in [0.15, 0.2) is 23.2 Å². The van der Waals surface area contributed by atoms with Crippen molar-refractivity contribution in [3.8, 4) is 11.5 Å². The number of hydrogen-bond donors (Lipinski definition) is 2. The zero-order valence-electron chi connectivity index (χ0n) is 20.4. The summed E-state index contributed by atoms with van der Waals surface area (Å²) in [5, 5.41) is 15.7. The Balaban J connectivity index is 0.00000385. The number of aromatic nitrogens is 3. The minimum Gasteiger partial charge on any atom is -0.490 e. The van der Waals surface area contributed by atoms with Gasteiger partial charge in [-0.1, -0.05) is 12.5 Å². The van der Waals surface area contributed by atoms with Gasteiger partial charge in [-0.15, -0.1) is 34.2 Å². The first-order valence-electron chi connectivity index (χ1n) is 11.9. The summed E-state index contributed by atoms with van der Waals surface area (Å²) in [4.78, 5) is 4.38. The van der Waals surface area contributed by atoms with Gasteiger partial charge >= 0.3 is 0 Å². The molecule has 0 amide bonds. The average molecular weight is 571 g/mol. The maximum Gasteiger partial charge on any atom is 0.191 e. The highest BCUT2D eigenvalue weighted by Crippen LogP contribution is 2.30. The molecule has 0 saturated carbocycles. The van der Waals surface area contributed by atoms with E-state index in [1.54, 1.807) is 7.05 Å². The molecule has 1 aliphatic rings. The Labute approximate surface area is 215 Å². The number of benzene rings is 1. The van der Waals surface area contributed by atoms with Gasteiger partial charge in [0.2, 0.25) is 0 Å². The molecule has 33 heavy (non-hydrogen) atoms. The fourth-order valence-corrected chi connectivity index (χ4v) is 4.00. The Bertz CT molecular complexity index is 886. The average Bonchev–Trinajstić information content (AvgIpc) is 3.02. The molecule has 2 N–H and O–H groups in total. The second-order valence-electron chi connectivity index (χ2n) is 8.04. The van der Waals surface area contributed by atoms with E-state index in [2.05, 4.69) is 43.4 Å². The van der Waals surface area contributed by atoms with Crippen molar-refractivity contribution >= 4 is 29.9 Å². The minimum atomic E-state index is 0. The van der Waals surface area contributed by atoms with Gasteiger partial charge in [0.15, 0.2) is 17.5 Å². The van der Waals surface area contributed by atoms with E-state index in [1.165, 1.54) is 19.3 Å². The van der Waals surface area contributed by atoms with Crippen LogP contribution in [0.3, 0.4) is 0 Å². The number of aryl methyl sites for hydroxylation is 2. The minimum absolute atomic E-state index is 0. The molecule has 1 atom stereocenters. The molecule has 0 spiro atoms. The molecule has 3 rings (SSSR count). The quantitative estimate of drug-likeness (QED) is 0.192. The number of hydrogen-bond acceptors (Lipinski definition) is 5. The zero-order chi connectivity index (χ0) is 22.8. The maximum absolute atomic E-state index is 5.76. The summed E-state index contributed by atoms with van der Waals surface area (Å²) in [6, 6.07) is 6.15. The standard InChI is InChI=1S/C24H38N6O2.HI/c1-5-31-20-14-13-19(17-21(20)32-6-2)18(3)27-24(25-4)26-15-10-12-23-29-28-22-11-8-7-9-16-30(22)23;/h13-14,17-18H,5-12,15-16H2,1-4H3,(H2,25,26,27);1H. The first-order valence-corrected chi connectivity index (χ1v) is 11.9. The molecular formula is C24H39IN6O2. The molecule has 0 saturated heterocycles. The Kier molecular flexibility index (Phi) is 11.8. The molecule has 0 bridgehead atoms. The molecule has 1 aliphatic heterocycles. The van der Waals surface area contributed by atoms with E-state index < -0.39 is 0 Å². The Morgan fingerprint density at radius 3 is 2.67 bits per heavy atom. The molecule has 0 radical (unpaired) electrons. The van der Waals surface area contributed by atoms with E-state index in [0.717, 1.165) is 67.0 Å². The van der Waals surface area contributed by atoms with Crippen molar-refractivity contribution in [2.45, 2.75) is 71.9 Å². The Hall–Kier alpha value is -2.04. The van der Waals surface area contributed by atoms with Crippen molar-refractivity contribution in [3.05, 3.63) is 35.4 Å². The van der Waals surface area contributed by atoms with E-state index >= 15 is 0 Å². The van der Waals surface area contributed by atoms with Gasteiger partial charge in [-0.05, 0) is 57.7 Å². The van der Waals surface area contributed by atoms with Crippen LogP contribution in [-0.4, -0.2) is 47.5 Å². The van der Waals surface area contributed by atoms with Gasteiger partial charge in [0.1, 0.15) is 11.6 Å². The number of nitrogens with one attached hydrogen (secondary N) is 2. The predicted octanol–water partition coefficient (Wildman–Crippen LogP) is 4.28. The zero-order valence-corrected chi connectivity index (χ0v) is 22.7. The highest BCUT2D eigenvalue weighted by molar-refractivity contribution is 14.0. The third kappa shape index (κ3) is 7.75. The lowest BCUT2D eigenvalue weighted by Crippen LogP contribution is -2.39. The van der Waals surface area contributed by atoms with Gasteiger partial charge in [-0.2, -0.15) is 0 Å². The monoisotopic (exact) mass is 570 g/mol. The van der Waals surface area contributed by atoms with Gasteiger partial charge < -0.3 is 24.7 Å². The summed E-state index contributed by atoms with van der Waals surface area (Å²) in [6.07, 6.45) is 6.68. The van der Waals surface area contributed by atoms with Crippen LogP contribution in [0.1, 0.15) is 69.7 Å². The fraction of sp³-hybridized carbons (Fsp3) is 0.625. The van der Waals surface area contributed by atoms with Gasteiger partial charge in [0, 0.05) is 33.0 Å². The molecule has 9 heteroatoms. The highest BCUT2D eigenvalue weighted by Gasteiger charge is 2.15. The molecule has 1 unspecified atom stereocenters. The van der Waals surface area contributed by atoms with Crippen LogP contribution >= 0.6 is 24.0 Å². The number of nitrogens with zero attached hydrogens (tertiary/aromatic N) is 4. The first kappa shape index (κ1) is 27.2. The Morgan fingerprint density at radius 2 is 1.91 bits per heavy atom. The molecule has 0 fully saturated rings. The lowest BCUT2D eigenvalue weighted by molar-refractivity contribution is 0.287. The van der Waals surface area contributed by atoms with Gasteiger partial charge in [-0.3, -0.25) is 4.99 Å². The van der Waals surface area contributed by atoms with Crippen molar-refractivity contribution < 1.29 is 9.47 Å². The number of ether oxygens (including phenoxy) is 2. The van der Waals surface area contributed by atoms with Crippen LogP contribution in [0, 0.1) is 0 Å². The van der Waals surface area contributed by atoms with Crippen LogP contribution in [0.5, 0.6) is 11.5 Å².